The molecular formula is C23H26N6O4S. The van der Waals surface area contributed by atoms with Crippen molar-refractivity contribution in [2.24, 2.45) is 0 Å². The van der Waals surface area contributed by atoms with E-state index >= 15 is 0 Å². The number of benzene rings is 2. The minimum Gasteiger partial charge on any atom is -0.497 e. The van der Waals surface area contributed by atoms with E-state index in [1.165, 1.54) is 22.0 Å². The lowest BCUT2D eigenvalue weighted by molar-refractivity contribution is -0.130. The molecule has 2 aliphatic rings. The topological polar surface area (TPSA) is 108 Å². The molecule has 34 heavy (non-hydrogen) atoms. The zero-order valence-electron chi connectivity index (χ0n) is 18.8. The number of thioether (sulfide) groups is 1. The van der Waals surface area contributed by atoms with Gasteiger partial charge < -0.3 is 25.0 Å². The lowest BCUT2D eigenvalue weighted by Crippen LogP contribution is -2.48. The third-order valence-electron chi connectivity index (χ3n) is 5.91. The van der Waals surface area contributed by atoms with Crippen LogP contribution < -0.4 is 20.1 Å². The first-order valence-electron chi connectivity index (χ1n) is 11.0. The van der Waals surface area contributed by atoms with Gasteiger partial charge in [0, 0.05) is 38.3 Å². The summed E-state index contributed by atoms with van der Waals surface area (Å²) in [5, 5.41) is 8.84. The van der Waals surface area contributed by atoms with Crippen LogP contribution in [-0.4, -0.2) is 76.4 Å². The molecule has 0 radical (unpaired) electrons. The van der Waals surface area contributed by atoms with Crippen LogP contribution in [0.2, 0.25) is 0 Å². The van der Waals surface area contributed by atoms with Gasteiger partial charge in [-0.25, -0.2) is 4.68 Å². The van der Waals surface area contributed by atoms with E-state index in [4.69, 9.17) is 20.1 Å². The number of nitrogen functional groups attached to an aromatic ring is 1. The van der Waals surface area contributed by atoms with Crippen LogP contribution in [0.4, 0.5) is 0 Å². The molecule has 1 fully saturated rings. The Bertz CT molecular complexity index is 1160. The van der Waals surface area contributed by atoms with Crippen molar-refractivity contribution in [1.29, 1.82) is 0 Å². The van der Waals surface area contributed by atoms with Gasteiger partial charge >= 0.3 is 0 Å². The van der Waals surface area contributed by atoms with Crippen LogP contribution >= 0.6 is 11.8 Å². The fraction of sp³-hybridized carbons (Fsp3) is 0.348. The summed E-state index contributed by atoms with van der Waals surface area (Å²) in [6.07, 6.45) is 0. The predicted molar refractivity (Wildman–Crippen MR) is 127 cm³/mol. The Hall–Kier alpha value is -3.44. The molecular weight excluding hydrogens is 456 g/mol. The van der Waals surface area contributed by atoms with Crippen molar-refractivity contribution in [3.63, 3.8) is 0 Å². The molecule has 3 aromatic rings. The number of ether oxygens (including phenoxy) is 3. The molecule has 1 aromatic heterocycles. The minimum absolute atomic E-state index is 0.0710. The van der Waals surface area contributed by atoms with E-state index in [-0.39, 0.29) is 18.5 Å². The summed E-state index contributed by atoms with van der Waals surface area (Å²) in [4.78, 5) is 17.0. The molecule has 1 saturated heterocycles. The van der Waals surface area contributed by atoms with Crippen molar-refractivity contribution in [1.82, 2.24) is 24.7 Å². The molecule has 1 amide bonds. The van der Waals surface area contributed by atoms with Crippen LogP contribution in [0.3, 0.4) is 0 Å². The number of carbonyl (C=O) groups is 1. The van der Waals surface area contributed by atoms with Gasteiger partial charge in [0.2, 0.25) is 17.9 Å². The summed E-state index contributed by atoms with van der Waals surface area (Å²) < 4.78 is 17.4. The zero-order chi connectivity index (χ0) is 23.5. The summed E-state index contributed by atoms with van der Waals surface area (Å²) >= 11 is 1.30. The van der Waals surface area contributed by atoms with Crippen LogP contribution in [0, 0.1) is 0 Å². The van der Waals surface area contributed by atoms with Gasteiger partial charge in [-0.05, 0) is 42.0 Å². The van der Waals surface area contributed by atoms with Crippen LogP contribution in [0.15, 0.2) is 47.6 Å². The van der Waals surface area contributed by atoms with Gasteiger partial charge in [0.15, 0.2) is 17.3 Å². The molecule has 0 spiro atoms. The number of methoxy groups -OCH3 is 1. The van der Waals surface area contributed by atoms with Crippen molar-refractivity contribution in [3.8, 4) is 28.6 Å². The number of rotatable bonds is 7. The van der Waals surface area contributed by atoms with Gasteiger partial charge in [0.1, 0.15) is 5.75 Å². The molecule has 2 aliphatic heterocycles. The van der Waals surface area contributed by atoms with E-state index in [1.54, 1.807) is 7.11 Å². The maximum Gasteiger partial charge on any atom is 0.233 e. The smallest absolute Gasteiger partial charge is 0.233 e. The second kappa shape index (κ2) is 9.82. The summed E-state index contributed by atoms with van der Waals surface area (Å²) in [6.45, 7) is 4.12. The number of hydrogen-bond acceptors (Lipinski definition) is 9. The molecule has 3 heterocycles. The Morgan fingerprint density at radius 1 is 1.06 bits per heavy atom. The quantitative estimate of drug-likeness (QED) is 0.399. The number of hydrogen-bond donors (Lipinski definition) is 1. The van der Waals surface area contributed by atoms with Crippen molar-refractivity contribution < 1.29 is 19.0 Å². The number of amides is 1. The van der Waals surface area contributed by atoms with Crippen molar-refractivity contribution in [2.45, 2.75) is 11.7 Å². The Kier molecular flexibility index (Phi) is 6.45. The maximum atomic E-state index is 12.8. The second-order valence-electron chi connectivity index (χ2n) is 8.04. The summed E-state index contributed by atoms with van der Waals surface area (Å²) in [6, 6.07) is 13.5. The molecule has 2 aromatic carbocycles. The highest BCUT2D eigenvalue weighted by Gasteiger charge is 2.23. The number of aromatic nitrogens is 3. The predicted octanol–water partition coefficient (Wildman–Crippen LogP) is 1.83. The SMILES string of the molecule is COc1ccc(-c2nnc(SCC(=O)N3CCN(Cc4ccc5c(c4)OCO5)CC3)n2N)cc1. The molecule has 11 heteroatoms. The first-order valence-corrected chi connectivity index (χ1v) is 12.0. The van der Waals surface area contributed by atoms with Gasteiger partial charge in [-0.15, -0.1) is 10.2 Å². The van der Waals surface area contributed by atoms with Gasteiger partial charge in [-0.2, -0.15) is 0 Å². The standard InChI is InChI=1S/C23H26N6O4S/c1-31-18-5-3-17(4-6-18)22-25-26-23(29(22)24)34-14-21(30)28-10-8-27(9-11-28)13-16-2-7-19-20(12-16)33-15-32-19/h2-7,12H,8-11,13-15,24H2,1H3. The van der Waals surface area contributed by atoms with E-state index in [2.05, 4.69) is 21.2 Å². The normalized spacial score (nSPS) is 15.5. The maximum absolute atomic E-state index is 12.8. The summed E-state index contributed by atoms with van der Waals surface area (Å²) in [5.41, 5.74) is 2.00. The lowest BCUT2D eigenvalue weighted by atomic mass is 10.1. The molecule has 0 unspecified atom stereocenters. The zero-order valence-corrected chi connectivity index (χ0v) is 19.7. The summed E-state index contributed by atoms with van der Waals surface area (Å²) in [5.74, 6) is 9.40. The lowest BCUT2D eigenvalue weighted by Gasteiger charge is -2.34. The molecule has 0 bridgehead atoms. The van der Waals surface area contributed by atoms with Gasteiger partial charge in [0.05, 0.1) is 12.9 Å². The molecule has 2 N–H and O–H groups in total. The number of nitrogens with two attached hydrogens (primary N) is 1. The van der Waals surface area contributed by atoms with Crippen LogP contribution in [-0.2, 0) is 11.3 Å². The molecule has 0 atom stereocenters. The molecule has 0 saturated carbocycles. The van der Waals surface area contributed by atoms with E-state index in [1.807, 2.05) is 41.3 Å². The Balaban J connectivity index is 1.11. The first kappa shape index (κ1) is 22.4. The Labute approximate surface area is 201 Å². The molecule has 10 nitrogen and oxygen atoms in total. The average Bonchev–Trinajstić information content (AvgIpc) is 3.49. The van der Waals surface area contributed by atoms with E-state index in [9.17, 15) is 4.79 Å². The second-order valence-corrected chi connectivity index (χ2v) is 8.98. The highest BCUT2D eigenvalue weighted by Crippen LogP contribution is 2.33. The van der Waals surface area contributed by atoms with E-state index < -0.39 is 0 Å². The van der Waals surface area contributed by atoms with Crippen LogP contribution in [0.5, 0.6) is 17.2 Å². The van der Waals surface area contributed by atoms with Crippen LogP contribution in [0.1, 0.15) is 5.56 Å². The summed E-state index contributed by atoms with van der Waals surface area (Å²) in [7, 11) is 1.62. The highest BCUT2D eigenvalue weighted by molar-refractivity contribution is 7.99. The fourth-order valence-electron chi connectivity index (χ4n) is 3.98. The van der Waals surface area contributed by atoms with Crippen molar-refractivity contribution in [2.75, 3.05) is 51.7 Å². The van der Waals surface area contributed by atoms with Gasteiger partial charge in [-0.3, -0.25) is 9.69 Å². The highest BCUT2D eigenvalue weighted by atomic mass is 32.2. The third-order valence-corrected chi connectivity index (χ3v) is 6.83. The number of fused-ring (bicyclic) bond motifs is 1. The van der Waals surface area contributed by atoms with E-state index in [0.717, 1.165) is 42.4 Å². The van der Waals surface area contributed by atoms with E-state index in [0.29, 0.717) is 24.1 Å². The minimum atomic E-state index is 0.0710. The van der Waals surface area contributed by atoms with Crippen molar-refractivity contribution in [3.05, 3.63) is 48.0 Å². The largest absolute Gasteiger partial charge is 0.497 e. The number of carbonyl (C=O) groups excluding carboxylic acids is 1. The molecule has 178 valence electrons. The fourth-order valence-corrected chi connectivity index (χ4v) is 4.74. The Morgan fingerprint density at radius 2 is 1.82 bits per heavy atom. The van der Waals surface area contributed by atoms with Crippen LogP contribution in [0.25, 0.3) is 11.4 Å². The molecule has 5 rings (SSSR count). The van der Waals surface area contributed by atoms with Gasteiger partial charge in [0.25, 0.3) is 0 Å². The van der Waals surface area contributed by atoms with Gasteiger partial charge in [-0.1, -0.05) is 17.8 Å². The third kappa shape index (κ3) is 4.75. The molecule has 0 aliphatic carbocycles. The van der Waals surface area contributed by atoms with Crippen molar-refractivity contribution >= 4 is 17.7 Å². The first-order chi connectivity index (χ1) is 16.6. The number of nitrogens with zero attached hydrogens (tertiary/aromatic N) is 5. The average molecular weight is 483 g/mol. The number of piperazine rings is 1. The Morgan fingerprint density at radius 3 is 2.59 bits per heavy atom. The monoisotopic (exact) mass is 482 g/mol.